The van der Waals surface area contributed by atoms with Crippen molar-refractivity contribution in [2.45, 2.75) is 99.3 Å². The fourth-order valence-electron chi connectivity index (χ4n) is 5.78. The van der Waals surface area contributed by atoms with Crippen molar-refractivity contribution in [2.24, 2.45) is 16.7 Å². The van der Waals surface area contributed by atoms with Gasteiger partial charge < -0.3 is 0 Å². The molecule has 4 rings (SSSR count). The largest absolute Gasteiger partial charge is 0.103 e. The summed E-state index contributed by atoms with van der Waals surface area (Å²) in [6, 6.07) is 4.55. The molecule has 0 N–H and O–H groups in total. The Morgan fingerprint density at radius 3 is 2.26 bits per heavy atom. The summed E-state index contributed by atoms with van der Waals surface area (Å²) in [5, 5.41) is 0. The second kappa shape index (κ2) is 12.6. The predicted molar refractivity (Wildman–Crippen MR) is 153 cm³/mol. The van der Waals surface area contributed by atoms with Crippen molar-refractivity contribution in [2.75, 3.05) is 0 Å². The molecular weight excluding hydrogens is 408 g/mol. The molecule has 2 saturated carbocycles. The molecule has 0 aromatic heterocycles. The van der Waals surface area contributed by atoms with Gasteiger partial charge in [-0.05, 0) is 107 Å². The number of rotatable bonds is 9. The molecular formula is C34H50. The number of allylic oxidation sites excluding steroid dienone is 7. The summed E-state index contributed by atoms with van der Waals surface area (Å²) in [7, 11) is 0. The van der Waals surface area contributed by atoms with E-state index in [1.165, 1.54) is 80.1 Å². The minimum Gasteiger partial charge on any atom is -0.103 e. The van der Waals surface area contributed by atoms with E-state index in [9.17, 15) is 0 Å². The molecule has 0 heteroatoms. The highest BCUT2D eigenvalue weighted by atomic mass is 14.9. The van der Waals surface area contributed by atoms with Crippen LogP contribution in [0.4, 0.5) is 0 Å². The topological polar surface area (TPSA) is 0 Å². The summed E-state index contributed by atoms with van der Waals surface area (Å²) < 4.78 is 0. The van der Waals surface area contributed by atoms with Gasteiger partial charge >= 0.3 is 0 Å². The van der Waals surface area contributed by atoms with E-state index in [-0.39, 0.29) is 0 Å². The van der Waals surface area contributed by atoms with Crippen LogP contribution in [-0.2, 0) is 12.8 Å². The molecule has 186 valence electrons. The average molecular weight is 459 g/mol. The van der Waals surface area contributed by atoms with Crippen molar-refractivity contribution in [1.29, 1.82) is 0 Å². The maximum atomic E-state index is 4.37. The van der Waals surface area contributed by atoms with Crippen molar-refractivity contribution in [3.05, 3.63) is 95.6 Å². The first-order chi connectivity index (χ1) is 16.2. The SMILES string of the molecule is C=C(C)C12CC1(C(=C)CCCC1C=CC=CC1)C2.C=CC.CCCc1ccc(C)c(C)c1CC. The third-order valence-electron chi connectivity index (χ3n) is 8.33. The van der Waals surface area contributed by atoms with Crippen LogP contribution in [0.5, 0.6) is 0 Å². The Bertz CT molecular complexity index is 914. The standard InChI is InChI=1S/C18H24.C13H20.C3H6/c1-14(2)17-12-18(17,13-17)15(3)8-7-11-16-9-5-4-6-10-16;1-5-7-12-9-8-10(3)11(4)13(12)6-2;1-3-2/h4-6,9,16H,1,3,7-8,10-13H2,2H3;8-9H,5-7H2,1-4H3;3H,1H2,2H3. The van der Waals surface area contributed by atoms with Gasteiger partial charge in [-0.15, -0.1) is 6.58 Å². The number of benzene rings is 1. The number of aryl methyl sites for hydroxylation is 2. The lowest BCUT2D eigenvalue weighted by molar-refractivity contribution is 0.549. The van der Waals surface area contributed by atoms with Crippen LogP contribution < -0.4 is 0 Å². The maximum absolute atomic E-state index is 4.37. The van der Waals surface area contributed by atoms with Gasteiger partial charge in [0.2, 0.25) is 0 Å². The molecule has 0 nitrogen and oxygen atoms in total. The zero-order chi connectivity index (χ0) is 25.4. The fourth-order valence-corrected chi connectivity index (χ4v) is 5.78. The number of hydrogen-bond acceptors (Lipinski definition) is 0. The van der Waals surface area contributed by atoms with Gasteiger partial charge in [0.1, 0.15) is 0 Å². The Kier molecular flexibility index (Phi) is 10.4. The molecule has 1 atom stereocenters. The van der Waals surface area contributed by atoms with Crippen LogP contribution in [0.25, 0.3) is 0 Å². The number of hydrogen-bond donors (Lipinski definition) is 0. The van der Waals surface area contributed by atoms with E-state index < -0.39 is 0 Å². The third kappa shape index (κ3) is 6.32. The quantitative estimate of drug-likeness (QED) is 0.323. The van der Waals surface area contributed by atoms with Gasteiger partial charge in [0, 0.05) is 10.8 Å². The Morgan fingerprint density at radius 1 is 1.09 bits per heavy atom. The Labute approximate surface area is 211 Å². The summed E-state index contributed by atoms with van der Waals surface area (Å²) in [6.45, 7) is 24.9. The van der Waals surface area contributed by atoms with Crippen molar-refractivity contribution in [3.63, 3.8) is 0 Å². The van der Waals surface area contributed by atoms with Crippen LogP contribution in [0.3, 0.4) is 0 Å². The summed E-state index contributed by atoms with van der Waals surface area (Å²) >= 11 is 0. The Hall–Kier alpha value is -2.08. The zero-order valence-electron chi connectivity index (χ0n) is 23.1. The van der Waals surface area contributed by atoms with Crippen LogP contribution in [-0.4, -0.2) is 0 Å². The van der Waals surface area contributed by atoms with Gasteiger partial charge in [0.05, 0.1) is 0 Å². The van der Waals surface area contributed by atoms with E-state index in [1.54, 1.807) is 17.2 Å². The molecule has 1 aromatic carbocycles. The van der Waals surface area contributed by atoms with E-state index >= 15 is 0 Å². The lowest BCUT2D eigenvalue weighted by Crippen LogP contribution is -1.99. The normalized spacial score (nSPS) is 25.2. The van der Waals surface area contributed by atoms with Crippen LogP contribution >= 0.6 is 0 Å². The van der Waals surface area contributed by atoms with Crippen molar-refractivity contribution < 1.29 is 0 Å². The first-order valence-electron chi connectivity index (χ1n) is 13.6. The fraction of sp³-hybridized carbons (Fsp3) is 0.529. The summed E-state index contributed by atoms with van der Waals surface area (Å²) in [4.78, 5) is 0. The predicted octanol–water partition coefficient (Wildman–Crippen LogP) is 10.2. The van der Waals surface area contributed by atoms with Crippen molar-refractivity contribution >= 4 is 0 Å². The van der Waals surface area contributed by atoms with Gasteiger partial charge in [-0.25, -0.2) is 0 Å². The van der Waals surface area contributed by atoms with Gasteiger partial charge in [-0.1, -0.05) is 87.1 Å². The molecule has 3 aliphatic carbocycles. The van der Waals surface area contributed by atoms with E-state index in [4.69, 9.17) is 0 Å². The molecule has 0 bridgehead atoms. The van der Waals surface area contributed by atoms with E-state index in [0.29, 0.717) is 10.8 Å². The summed E-state index contributed by atoms with van der Waals surface area (Å²) in [5.41, 5.74) is 9.98. The molecule has 1 unspecified atom stereocenters. The Balaban J connectivity index is 0.000000226. The molecule has 0 amide bonds. The summed E-state index contributed by atoms with van der Waals surface area (Å²) in [5.74, 6) is 0.768. The minimum absolute atomic E-state index is 0.511. The van der Waals surface area contributed by atoms with Crippen LogP contribution in [0.15, 0.2) is 73.4 Å². The molecule has 34 heavy (non-hydrogen) atoms. The Morgan fingerprint density at radius 2 is 1.76 bits per heavy atom. The molecule has 1 aromatic rings. The monoisotopic (exact) mass is 458 g/mol. The second-order valence-electron chi connectivity index (χ2n) is 10.8. The van der Waals surface area contributed by atoms with Gasteiger partial charge in [-0.2, -0.15) is 0 Å². The maximum Gasteiger partial charge on any atom is 0.00206 e. The van der Waals surface area contributed by atoms with Crippen LogP contribution in [0.1, 0.15) is 94.9 Å². The highest BCUT2D eigenvalue weighted by molar-refractivity contribution is 5.50. The highest BCUT2D eigenvalue weighted by Crippen LogP contribution is 2.91. The molecule has 3 aliphatic rings. The van der Waals surface area contributed by atoms with Crippen LogP contribution in [0.2, 0.25) is 0 Å². The number of fused-ring (bicyclic) bond motifs is 1. The highest BCUT2D eigenvalue weighted by Gasteiger charge is 2.83. The molecule has 0 spiro atoms. The summed E-state index contributed by atoms with van der Waals surface area (Å²) in [6.07, 6.45) is 22.1. The van der Waals surface area contributed by atoms with Gasteiger partial charge in [0.15, 0.2) is 0 Å². The lowest BCUT2D eigenvalue weighted by atomic mass is 9.92. The third-order valence-corrected chi connectivity index (χ3v) is 8.33. The lowest BCUT2D eigenvalue weighted by Gasteiger charge is -2.14. The van der Waals surface area contributed by atoms with Gasteiger partial charge in [0.25, 0.3) is 0 Å². The van der Waals surface area contributed by atoms with Gasteiger partial charge in [-0.3, -0.25) is 0 Å². The first kappa shape index (κ1) is 28.2. The molecule has 0 heterocycles. The molecule has 2 fully saturated rings. The smallest absolute Gasteiger partial charge is 0.00206 e. The molecule has 0 aliphatic heterocycles. The van der Waals surface area contributed by atoms with Crippen LogP contribution in [0, 0.1) is 30.6 Å². The molecule has 0 saturated heterocycles. The molecule has 0 radical (unpaired) electrons. The average Bonchev–Trinajstić information content (AvgIpc) is 3.67. The second-order valence-corrected chi connectivity index (χ2v) is 10.8. The van der Waals surface area contributed by atoms with E-state index in [2.05, 4.69) is 90.8 Å². The van der Waals surface area contributed by atoms with E-state index in [0.717, 1.165) is 5.92 Å². The first-order valence-corrected chi connectivity index (χ1v) is 13.6. The zero-order valence-corrected chi connectivity index (χ0v) is 23.1. The minimum atomic E-state index is 0.511. The van der Waals surface area contributed by atoms with Crippen molar-refractivity contribution in [3.8, 4) is 0 Å². The van der Waals surface area contributed by atoms with E-state index in [1.807, 2.05) is 6.92 Å². The van der Waals surface area contributed by atoms with Crippen molar-refractivity contribution in [1.82, 2.24) is 0 Å².